The number of hydrogen-bond acceptors (Lipinski definition) is 32. The van der Waals surface area contributed by atoms with E-state index in [1.54, 1.807) is 0 Å². The minimum Gasteiger partial charge on any atom is -0.354 e. The van der Waals surface area contributed by atoms with E-state index in [0.29, 0.717) is 12.8 Å². The van der Waals surface area contributed by atoms with E-state index in [2.05, 4.69) is 92.1 Å². The van der Waals surface area contributed by atoms with Gasteiger partial charge < -0.3 is 21.3 Å². The third-order valence-electron chi connectivity index (χ3n) is 14.2. The predicted molar refractivity (Wildman–Crippen MR) is 352 cm³/mol. The number of nitrogens with one attached hydrogen (secondary N) is 4. The number of hydrogen-bond donors (Lipinski definition) is 10. The molecule has 0 saturated heterocycles. The Morgan fingerprint density at radius 2 is 0.804 bits per heavy atom. The Balaban J connectivity index is 0.734. The van der Waals surface area contributed by atoms with Gasteiger partial charge in [-0.25, -0.2) is 0 Å². The number of ketones is 2. The van der Waals surface area contributed by atoms with Crippen LogP contribution >= 0.6 is 0 Å². The van der Waals surface area contributed by atoms with Crippen LogP contribution in [-0.4, -0.2) is 144 Å². The standard InChI is InChI=1S/C56H46F2N18O20S6/c1-28(27-60-54-64-52(58)66-56(68-54)62-34-9-17-40-30(22-34)24-46(102(94,95)96)48(50(40)78)76-74-42-19-11-36(26-44(42)100(88,89)90)72-70-32-6-14-38(15-7-32)98(82,83)84)3-2-20-59-53-63-51(57)65-55(67-53)61-33-8-16-39-29(21-33)23-45(101(91,92)93)47(49(39)77)75-73-41-18-10-35(25-43(41)99(85,86)87)71-69-31-4-12-37(13-5-31)97(79,80)81/h4-19,21-26,28,47-48H,2-3,20,27H2,1H3,(H,79,80,81)(H,82,83,84)(H,85,86,87)(H,88,89,90)(H,91,92,93)(H,94,95,96)(H2,59,61,63,65,67)(H2,60,62,64,66,68). The van der Waals surface area contributed by atoms with Crippen molar-refractivity contribution in [1.29, 1.82) is 0 Å². The number of rotatable bonds is 26. The Labute approximate surface area is 574 Å². The van der Waals surface area contributed by atoms with Crippen LogP contribution in [0.4, 0.5) is 78.1 Å². The molecule has 10 rings (SSSR count). The molecule has 0 spiro atoms. The highest BCUT2D eigenvalue weighted by Crippen LogP contribution is 2.38. The summed E-state index contributed by atoms with van der Waals surface area (Å²) in [5.74, 6) is -3.40. The lowest BCUT2D eigenvalue weighted by Crippen LogP contribution is -2.29. The van der Waals surface area contributed by atoms with Crippen molar-refractivity contribution >= 4 is 154 Å². The molecule has 0 radical (unpaired) electrons. The summed E-state index contributed by atoms with van der Waals surface area (Å²) >= 11 is 0. The van der Waals surface area contributed by atoms with Crippen molar-refractivity contribution in [2.24, 2.45) is 46.8 Å². The lowest BCUT2D eigenvalue weighted by atomic mass is 9.92. The molecule has 8 aromatic rings. The van der Waals surface area contributed by atoms with Crippen LogP contribution in [-0.2, 0) is 60.7 Å². The number of nitrogens with zero attached hydrogens (tertiary/aromatic N) is 14. The summed E-state index contributed by atoms with van der Waals surface area (Å²) in [6.45, 7) is 2.17. The van der Waals surface area contributed by atoms with Crippen LogP contribution in [0.5, 0.6) is 0 Å². The molecule has 3 unspecified atom stereocenters. The lowest BCUT2D eigenvalue weighted by molar-refractivity contribution is 0.0965. The van der Waals surface area contributed by atoms with Crippen molar-refractivity contribution < 1.29 is 96.2 Å². The van der Waals surface area contributed by atoms with Gasteiger partial charge in [-0.15, -0.1) is 0 Å². The van der Waals surface area contributed by atoms with Gasteiger partial charge in [0.15, 0.2) is 23.7 Å². The van der Waals surface area contributed by atoms with Gasteiger partial charge in [0.25, 0.3) is 60.7 Å². The van der Waals surface area contributed by atoms with Crippen LogP contribution < -0.4 is 21.3 Å². The van der Waals surface area contributed by atoms with E-state index in [4.69, 9.17) is 0 Å². The number of benzene rings is 6. The molecule has 0 saturated carbocycles. The summed E-state index contributed by atoms with van der Waals surface area (Å²) in [4.78, 5) is 45.8. The average Bonchev–Trinajstić information content (AvgIpc) is 0.765. The van der Waals surface area contributed by atoms with E-state index in [-0.39, 0.29) is 99.2 Å². The maximum absolute atomic E-state index is 14.8. The van der Waals surface area contributed by atoms with Gasteiger partial charge in [0.1, 0.15) is 31.0 Å². The number of fused-ring (bicyclic) bond motifs is 2. The maximum atomic E-state index is 14.8. The minimum absolute atomic E-state index is 0.0613. The molecule has 46 heteroatoms. The van der Waals surface area contributed by atoms with Gasteiger partial charge in [0.05, 0.1) is 32.5 Å². The topological polar surface area (TPSA) is 585 Å². The highest BCUT2D eigenvalue weighted by atomic mass is 32.2. The van der Waals surface area contributed by atoms with E-state index in [1.165, 1.54) is 60.7 Å². The summed E-state index contributed by atoms with van der Waals surface area (Å²) in [6, 6.07) is 17.9. The Morgan fingerprint density at radius 1 is 0.431 bits per heavy atom. The highest BCUT2D eigenvalue weighted by molar-refractivity contribution is 7.90. The first-order valence-electron chi connectivity index (χ1n) is 28.5. The Kier molecular flexibility index (Phi) is 21.2. The summed E-state index contributed by atoms with van der Waals surface area (Å²) in [5, 5.41) is 41.5. The van der Waals surface area contributed by atoms with Crippen LogP contribution in [0.3, 0.4) is 0 Å². The lowest BCUT2D eigenvalue weighted by Gasteiger charge is -2.20. The van der Waals surface area contributed by atoms with Crippen LogP contribution in [0.25, 0.3) is 12.2 Å². The number of carbonyl (C=O) groups is 2. The minimum atomic E-state index is -5.25. The fourth-order valence-electron chi connectivity index (χ4n) is 9.43. The average molecular weight is 1520 g/mol. The number of Topliss-reactive ketones (excluding diaryl/α,β-unsaturated/α-hetero) is 2. The molecule has 0 bridgehead atoms. The van der Waals surface area contributed by atoms with Crippen molar-refractivity contribution in [3.8, 4) is 0 Å². The van der Waals surface area contributed by atoms with E-state index in [1.807, 2.05) is 6.92 Å². The first-order valence-corrected chi connectivity index (χ1v) is 37.1. The molecule has 2 aliphatic rings. The summed E-state index contributed by atoms with van der Waals surface area (Å²) in [5.41, 5.74) is -1.87. The van der Waals surface area contributed by atoms with E-state index in [0.717, 1.165) is 72.8 Å². The third-order valence-corrected chi connectivity index (χ3v) is 19.6. The van der Waals surface area contributed by atoms with Crippen molar-refractivity contribution in [1.82, 2.24) is 29.9 Å². The fraction of sp³-hybridized carbons (Fsp3) is 0.143. The zero-order valence-electron chi connectivity index (χ0n) is 51.1. The normalized spacial score (nSPS) is 15.7. The molecule has 0 aliphatic heterocycles. The van der Waals surface area contributed by atoms with Gasteiger partial charge in [0.2, 0.25) is 23.8 Å². The Bertz CT molecular complexity index is 5670. The third kappa shape index (κ3) is 18.5. The molecular weight excluding hydrogens is 1480 g/mol. The molecule has 2 aromatic heterocycles. The number of aromatic nitrogens is 6. The highest BCUT2D eigenvalue weighted by Gasteiger charge is 2.39. The van der Waals surface area contributed by atoms with Crippen LogP contribution in [0.15, 0.2) is 192 Å². The number of carbonyl (C=O) groups excluding carboxylic acids is 2. The summed E-state index contributed by atoms with van der Waals surface area (Å²) in [7, 11) is -29.8. The van der Waals surface area contributed by atoms with Crippen LogP contribution in [0.2, 0.25) is 0 Å². The molecular formula is C56H46F2N18O20S6. The predicted octanol–water partition coefficient (Wildman–Crippen LogP) is 9.73. The zero-order chi connectivity index (χ0) is 73.9. The SMILES string of the molecule is CC(CCCNc1nc(F)nc(Nc2ccc3c(c2)C=C(S(=O)(=O)O)C(N=Nc2ccc(N=Nc4ccc(S(=O)(=O)O)cc4)cc2S(=O)(=O)O)C3=O)n1)CNc1nc(F)nc(Nc2ccc3c(c2)C=C(S(=O)(=O)O)C(N=Nc2ccc(N=Nc4ccc(S(=O)(=O)O)cc4)cc2S(=O)(=O)O)C3=O)n1. The molecule has 0 amide bonds. The van der Waals surface area contributed by atoms with Gasteiger partial charge in [-0.2, -0.15) is 130 Å². The second-order valence-corrected chi connectivity index (χ2v) is 30.0. The fourth-order valence-corrected chi connectivity index (χ4v) is 13.1. The van der Waals surface area contributed by atoms with Gasteiger partial charge in [-0.3, -0.25) is 36.9 Å². The van der Waals surface area contributed by atoms with Gasteiger partial charge in [0, 0.05) is 35.6 Å². The smallest absolute Gasteiger partial charge is 0.315 e. The first kappa shape index (κ1) is 73.8. The molecule has 3 atom stereocenters. The quantitative estimate of drug-likeness (QED) is 0.0137. The molecule has 38 nitrogen and oxygen atoms in total. The maximum Gasteiger partial charge on any atom is 0.315 e. The van der Waals surface area contributed by atoms with E-state index in [9.17, 15) is 96.2 Å². The van der Waals surface area contributed by atoms with Crippen molar-refractivity contribution in [2.45, 2.75) is 51.4 Å². The molecule has 102 heavy (non-hydrogen) atoms. The monoisotopic (exact) mass is 1520 g/mol. The Hall–Kier alpha value is -10.9. The molecule has 6 aromatic carbocycles. The molecule has 2 aliphatic carbocycles. The number of halogens is 2. The van der Waals surface area contributed by atoms with Crippen LogP contribution in [0, 0.1) is 18.1 Å². The second kappa shape index (κ2) is 29.3. The van der Waals surface area contributed by atoms with Gasteiger partial charge in [-0.1, -0.05) is 6.92 Å². The van der Waals surface area contributed by atoms with E-state index >= 15 is 0 Å². The van der Waals surface area contributed by atoms with Crippen LogP contribution in [0.1, 0.15) is 51.6 Å². The summed E-state index contributed by atoms with van der Waals surface area (Å²) in [6.07, 6.45) is 0.197. The molecule has 2 heterocycles. The van der Waals surface area contributed by atoms with Gasteiger partial charge in [-0.05, 0) is 163 Å². The number of azo groups is 4. The second-order valence-electron chi connectivity index (χ2n) is 21.5. The molecule has 530 valence electrons. The van der Waals surface area contributed by atoms with Gasteiger partial charge >= 0.3 is 12.2 Å². The molecule has 10 N–H and O–H groups in total. The number of anilines is 6. The summed E-state index contributed by atoms with van der Waals surface area (Å²) < 4.78 is 234. The first-order chi connectivity index (χ1) is 47.8. The Morgan fingerprint density at radius 3 is 1.19 bits per heavy atom. The zero-order valence-corrected chi connectivity index (χ0v) is 56.0. The molecule has 0 fully saturated rings. The van der Waals surface area contributed by atoms with Crippen molar-refractivity contribution in [2.75, 3.05) is 34.4 Å². The van der Waals surface area contributed by atoms with Crippen molar-refractivity contribution in [3.05, 3.63) is 166 Å². The van der Waals surface area contributed by atoms with Crippen molar-refractivity contribution in [3.63, 3.8) is 0 Å². The van der Waals surface area contributed by atoms with E-state index < -0.39 is 137 Å². The largest absolute Gasteiger partial charge is 0.354 e.